The Balaban J connectivity index is 2.40. The number of anilines is 2. The summed E-state index contributed by atoms with van der Waals surface area (Å²) in [5.41, 5.74) is 11.6. The molecule has 0 aliphatic heterocycles. The van der Waals surface area contributed by atoms with Gasteiger partial charge in [-0.3, -0.25) is 0 Å². The number of nitrogen functional groups attached to an aromatic ring is 2. The Labute approximate surface area is 139 Å². The number of benzene rings is 2. The monoisotopic (exact) mass is 370 g/mol. The summed E-state index contributed by atoms with van der Waals surface area (Å²) in [4.78, 5) is -0.936. The van der Waals surface area contributed by atoms with E-state index in [0.717, 1.165) is 12.1 Å². The van der Waals surface area contributed by atoms with Crippen LogP contribution in [-0.4, -0.2) is 25.9 Å². The van der Waals surface area contributed by atoms with Crippen LogP contribution in [0.15, 0.2) is 46.2 Å². The van der Waals surface area contributed by atoms with Crippen LogP contribution in [0, 0.1) is 0 Å². The van der Waals surface area contributed by atoms with Gasteiger partial charge in [-0.05, 0) is 48.2 Å². The minimum atomic E-state index is -4.74. The van der Waals surface area contributed by atoms with Gasteiger partial charge in [0.05, 0.1) is 9.79 Å². The highest BCUT2D eigenvalue weighted by Gasteiger charge is 2.13. The molecule has 0 fully saturated rings. The summed E-state index contributed by atoms with van der Waals surface area (Å²) in [6, 6.07) is 7.71. The fourth-order valence-electron chi connectivity index (χ4n) is 2.29. The molecule has 0 spiro atoms. The fourth-order valence-corrected chi connectivity index (χ4v) is 3.83. The van der Waals surface area contributed by atoms with E-state index in [1.807, 2.05) is 0 Å². The highest BCUT2D eigenvalue weighted by Crippen LogP contribution is 2.24. The first-order chi connectivity index (χ1) is 11.0. The second kappa shape index (κ2) is 6.40. The van der Waals surface area contributed by atoms with Crippen molar-refractivity contribution >= 4 is 31.6 Å². The molecule has 4 N–H and O–H groups in total. The molecule has 8 nitrogen and oxygen atoms in total. The molecule has 0 atom stereocenters. The number of rotatable bonds is 5. The molecule has 0 aliphatic carbocycles. The molecule has 2 rings (SSSR count). The van der Waals surface area contributed by atoms with Crippen LogP contribution in [-0.2, 0) is 33.1 Å². The zero-order valence-corrected chi connectivity index (χ0v) is 13.9. The van der Waals surface area contributed by atoms with Gasteiger partial charge in [0.25, 0.3) is 0 Å². The average molecular weight is 370 g/mol. The van der Waals surface area contributed by atoms with Gasteiger partial charge in [0.15, 0.2) is 0 Å². The first kappa shape index (κ1) is 18.2. The lowest BCUT2D eigenvalue weighted by Crippen LogP contribution is -2.08. The van der Waals surface area contributed by atoms with Gasteiger partial charge in [-0.1, -0.05) is 12.1 Å². The molecule has 0 aromatic heterocycles. The van der Waals surface area contributed by atoms with Crippen molar-refractivity contribution in [1.29, 1.82) is 0 Å². The Kier molecular flexibility index (Phi) is 4.85. The molecule has 24 heavy (non-hydrogen) atoms. The van der Waals surface area contributed by atoms with Crippen molar-refractivity contribution in [2.45, 2.75) is 22.6 Å². The zero-order chi connectivity index (χ0) is 18.1. The van der Waals surface area contributed by atoms with Crippen molar-refractivity contribution in [3.8, 4) is 0 Å². The van der Waals surface area contributed by atoms with Crippen LogP contribution in [0.4, 0.5) is 11.4 Å². The van der Waals surface area contributed by atoms with Crippen molar-refractivity contribution in [2.24, 2.45) is 0 Å². The van der Waals surface area contributed by atoms with Crippen molar-refractivity contribution in [1.82, 2.24) is 0 Å². The van der Waals surface area contributed by atoms with Crippen LogP contribution in [0.5, 0.6) is 0 Å². The molecule has 0 heterocycles. The van der Waals surface area contributed by atoms with E-state index in [4.69, 9.17) is 11.5 Å². The van der Waals surface area contributed by atoms with Crippen LogP contribution < -0.4 is 11.5 Å². The molecule has 0 saturated carbocycles. The van der Waals surface area contributed by atoms with E-state index in [9.17, 15) is 25.9 Å². The summed E-state index contributed by atoms with van der Waals surface area (Å²) in [6.45, 7) is 0. The minimum absolute atomic E-state index is 0.0313. The number of hydrogen-bond donors (Lipinski definition) is 2. The lowest BCUT2D eigenvalue weighted by atomic mass is 10.0. The molecule has 2 aromatic rings. The number of nitrogens with two attached hydrogens (primary N) is 2. The molecule has 130 valence electrons. The molecule has 10 heteroatoms. The minimum Gasteiger partial charge on any atom is -0.744 e. The number of hydrogen-bond acceptors (Lipinski definition) is 8. The lowest BCUT2D eigenvalue weighted by molar-refractivity contribution is 0.459. The summed E-state index contributed by atoms with van der Waals surface area (Å²) < 4.78 is 67.9. The maximum absolute atomic E-state index is 11.3. The summed E-state index contributed by atoms with van der Waals surface area (Å²) >= 11 is 0. The molecule has 2 aromatic carbocycles. The predicted octanol–water partition coefficient (Wildman–Crippen LogP) is 0.444. The van der Waals surface area contributed by atoms with Crippen molar-refractivity contribution < 1.29 is 25.9 Å². The summed E-state index contributed by atoms with van der Waals surface area (Å²) in [6.07, 6.45) is 0.0625. The smallest absolute Gasteiger partial charge is 0.124 e. The normalized spacial score (nSPS) is 12.2. The van der Waals surface area contributed by atoms with Crippen LogP contribution in [0.1, 0.15) is 11.1 Å². The highest BCUT2D eigenvalue weighted by molar-refractivity contribution is 7.86. The molecule has 0 saturated heterocycles. The summed E-state index contributed by atoms with van der Waals surface area (Å²) in [5.74, 6) is 0. The van der Waals surface area contributed by atoms with Crippen LogP contribution in [0.3, 0.4) is 0 Å². The first-order valence-corrected chi connectivity index (χ1v) is 9.49. The second-order valence-electron chi connectivity index (χ2n) is 5.14. The lowest BCUT2D eigenvalue weighted by Gasteiger charge is -2.16. The van der Waals surface area contributed by atoms with Gasteiger partial charge in [0.2, 0.25) is 0 Å². The van der Waals surface area contributed by atoms with Gasteiger partial charge in [0.1, 0.15) is 20.2 Å². The van der Waals surface area contributed by atoms with E-state index in [-0.39, 0.29) is 35.3 Å². The molecule has 0 amide bonds. The van der Waals surface area contributed by atoms with E-state index in [1.165, 1.54) is 24.3 Å². The largest absolute Gasteiger partial charge is 0.744 e. The van der Waals surface area contributed by atoms with Gasteiger partial charge < -0.3 is 20.6 Å². The predicted molar refractivity (Wildman–Crippen MR) is 85.0 cm³/mol. The Morgan fingerprint density at radius 1 is 0.708 bits per heavy atom. The average Bonchev–Trinajstić information content (AvgIpc) is 2.45. The second-order valence-corrected chi connectivity index (χ2v) is 7.84. The van der Waals surface area contributed by atoms with Gasteiger partial charge in [-0.25, -0.2) is 16.8 Å². The maximum Gasteiger partial charge on any atom is 0.124 e. The van der Waals surface area contributed by atoms with Gasteiger partial charge in [0, 0.05) is 11.4 Å². The van der Waals surface area contributed by atoms with Crippen LogP contribution in [0.2, 0.25) is 0 Å². The summed E-state index contributed by atoms with van der Waals surface area (Å²) in [7, 11) is -9.47. The van der Waals surface area contributed by atoms with Crippen molar-refractivity contribution in [3.05, 3.63) is 47.5 Å². The van der Waals surface area contributed by atoms with Gasteiger partial charge in [-0.15, -0.1) is 0 Å². The quantitative estimate of drug-likeness (QED) is 0.565. The van der Waals surface area contributed by atoms with Crippen molar-refractivity contribution in [2.75, 3.05) is 11.5 Å². The van der Waals surface area contributed by atoms with E-state index in [2.05, 4.69) is 0 Å². The van der Waals surface area contributed by atoms with Gasteiger partial charge in [-0.2, -0.15) is 0 Å². The Bertz CT molecular complexity index is 903. The molecule has 0 radical (unpaired) electrons. The van der Waals surface area contributed by atoms with E-state index in [0.29, 0.717) is 0 Å². The Hall–Kier alpha value is -2.14. The Morgan fingerprint density at radius 2 is 1.04 bits per heavy atom. The fraction of sp³-hybridized carbons (Fsp3) is 0.143. The van der Waals surface area contributed by atoms with Gasteiger partial charge >= 0.3 is 0 Å². The molecular formula is C14H14N2O6S2-2. The highest BCUT2D eigenvalue weighted by atomic mass is 32.2. The van der Waals surface area contributed by atoms with Crippen LogP contribution in [0.25, 0.3) is 0 Å². The summed E-state index contributed by atoms with van der Waals surface area (Å²) in [5, 5.41) is 0. The maximum atomic E-state index is 11.3. The molecular weight excluding hydrogens is 356 g/mol. The third kappa shape index (κ3) is 4.23. The molecule has 0 bridgehead atoms. The number of aryl methyl sites for hydroxylation is 2. The third-order valence-corrected chi connectivity index (χ3v) is 5.22. The topological polar surface area (TPSA) is 166 Å². The van der Waals surface area contributed by atoms with Crippen molar-refractivity contribution in [3.63, 3.8) is 0 Å². The van der Waals surface area contributed by atoms with E-state index in [1.54, 1.807) is 0 Å². The zero-order valence-electron chi connectivity index (χ0n) is 12.3. The molecule has 0 unspecified atom stereocenters. The van der Waals surface area contributed by atoms with E-state index >= 15 is 0 Å². The standard InChI is InChI=1S/C14H16N2O6S2/c15-11-5-3-9(13(7-11)23(17,18)19)1-2-10-4-6-12(16)8-14(10)24(20,21)22/h3-8H,1-2,15-16H2,(H,17,18,19)(H,20,21,22)/p-2. The third-order valence-electron chi connectivity index (χ3n) is 3.38. The van der Waals surface area contributed by atoms with Crippen LogP contribution >= 0.6 is 0 Å². The van der Waals surface area contributed by atoms with E-state index < -0.39 is 30.0 Å². The first-order valence-electron chi connectivity index (χ1n) is 6.67. The Morgan fingerprint density at radius 3 is 1.33 bits per heavy atom. The SMILES string of the molecule is Nc1ccc(CCc2ccc(N)cc2S(=O)(=O)[O-])c(S(=O)(=O)[O-])c1. The molecule has 0 aliphatic rings.